The van der Waals surface area contributed by atoms with E-state index in [1.807, 2.05) is 6.07 Å². The number of likely N-dealkylation sites (tertiary alicyclic amines) is 1. The normalized spacial score (nSPS) is 20.7. The molecule has 0 unspecified atom stereocenters. The van der Waals surface area contributed by atoms with Gasteiger partial charge in [0.05, 0.1) is 6.61 Å². The van der Waals surface area contributed by atoms with Crippen LogP contribution in [0.4, 0.5) is 0 Å². The van der Waals surface area contributed by atoms with Crippen molar-refractivity contribution in [3.63, 3.8) is 0 Å². The van der Waals surface area contributed by atoms with Crippen LogP contribution in [0.5, 0.6) is 5.88 Å². The molecule has 1 aliphatic carbocycles. The molecule has 1 spiro atoms. The molecule has 134 valence electrons. The second-order valence-corrected chi connectivity index (χ2v) is 7.51. The maximum absolute atomic E-state index is 12.9. The van der Waals surface area contributed by atoms with Gasteiger partial charge in [0.2, 0.25) is 5.88 Å². The number of ether oxygens (including phenoxy) is 1. The molecule has 7 heteroatoms. The second-order valence-electron chi connectivity index (χ2n) is 7.51. The van der Waals surface area contributed by atoms with E-state index in [1.165, 1.54) is 6.07 Å². The molecular weight excluding hydrogens is 332 g/mol. The van der Waals surface area contributed by atoms with Gasteiger partial charge >= 0.3 is 0 Å². The lowest BCUT2D eigenvalue weighted by atomic mass is 9.75. The summed E-state index contributed by atoms with van der Waals surface area (Å²) in [6.07, 6.45) is 5.46. The van der Waals surface area contributed by atoms with Gasteiger partial charge in [0.1, 0.15) is 11.5 Å². The van der Waals surface area contributed by atoms with Crippen LogP contribution >= 0.6 is 0 Å². The van der Waals surface area contributed by atoms with Crippen molar-refractivity contribution in [1.82, 2.24) is 19.9 Å². The zero-order valence-corrected chi connectivity index (χ0v) is 14.4. The van der Waals surface area contributed by atoms with Crippen molar-refractivity contribution in [2.75, 3.05) is 19.7 Å². The van der Waals surface area contributed by atoms with Gasteiger partial charge in [0.25, 0.3) is 11.5 Å². The van der Waals surface area contributed by atoms with Crippen LogP contribution in [-0.4, -0.2) is 45.5 Å². The number of fused-ring (bicyclic) bond motifs is 2. The van der Waals surface area contributed by atoms with E-state index >= 15 is 0 Å². The van der Waals surface area contributed by atoms with Crippen molar-refractivity contribution in [2.24, 2.45) is 0 Å². The summed E-state index contributed by atoms with van der Waals surface area (Å²) in [5, 5.41) is 0. The highest BCUT2D eigenvalue weighted by molar-refractivity contribution is 5.92. The number of pyridine rings is 1. The van der Waals surface area contributed by atoms with Gasteiger partial charge in [-0.2, -0.15) is 0 Å². The lowest BCUT2D eigenvalue weighted by Gasteiger charge is -2.38. The smallest absolute Gasteiger partial charge is 0.272 e. The Morgan fingerprint density at radius 3 is 2.88 bits per heavy atom. The molecule has 1 saturated heterocycles. The Bertz CT molecular complexity index is 926. The van der Waals surface area contributed by atoms with Crippen molar-refractivity contribution in [2.45, 2.75) is 37.0 Å². The number of piperidine rings is 1. The van der Waals surface area contributed by atoms with E-state index in [4.69, 9.17) is 4.74 Å². The van der Waals surface area contributed by atoms with Gasteiger partial charge in [-0.3, -0.25) is 9.59 Å². The molecular formula is C19H20N4O3. The third-order valence-corrected chi connectivity index (χ3v) is 5.78. The summed E-state index contributed by atoms with van der Waals surface area (Å²) in [5.41, 5.74) is 1.11. The number of aromatic nitrogens is 3. The Hall–Kier alpha value is -2.70. The maximum atomic E-state index is 12.9. The predicted molar refractivity (Wildman–Crippen MR) is 93.4 cm³/mol. The molecule has 4 heterocycles. The largest absolute Gasteiger partial charge is 0.476 e. The van der Waals surface area contributed by atoms with E-state index in [0.29, 0.717) is 31.4 Å². The van der Waals surface area contributed by atoms with E-state index < -0.39 is 0 Å². The summed E-state index contributed by atoms with van der Waals surface area (Å²) in [7, 11) is 0. The van der Waals surface area contributed by atoms with Gasteiger partial charge in [-0.15, -0.1) is 0 Å². The zero-order valence-electron chi connectivity index (χ0n) is 14.4. The summed E-state index contributed by atoms with van der Waals surface area (Å²) >= 11 is 0. The molecule has 26 heavy (non-hydrogen) atoms. The minimum Gasteiger partial charge on any atom is -0.476 e. The van der Waals surface area contributed by atoms with Gasteiger partial charge in [-0.25, -0.2) is 9.97 Å². The number of rotatable bonds is 2. The van der Waals surface area contributed by atoms with Gasteiger partial charge < -0.3 is 14.6 Å². The number of amides is 1. The van der Waals surface area contributed by atoms with E-state index in [-0.39, 0.29) is 22.6 Å². The Kier molecular flexibility index (Phi) is 3.38. The SMILES string of the molecule is O=C(c1cc(=O)[nH]c(C2CC2)n1)N1CCC2(CC1)COc1ncccc12. The first-order chi connectivity index (χ1) is 12.6. The molecule has 2 aliphatic heterocycles. The first-order valence-corrected chi connectivity index (χ1v) is 9.13. The zero-order chi connectivity index (χ0) is 17.7. The topological polar surface area (TPSA) is 88.2 Å². The molecule has 0 atom stereocenters. The fourth-order valence-electron chi connectivity index (χ4n) is 4.04. The molecule has 5 rings (SSSR count). The number of hydrogen-bond donors (Lipinski definition) is 1. The van der Waals surface area contributed by atoms with Crippen LogP contribution in [0.2, 0.25) is 0 Å². The summed E-state index contributed by atoms with van der Waals surface area (Å²) < 4.78 is 5.76. The minimum atomic E-state index is -0.247. The molecule has 1 amide bonds. The second kappa shape index (κ2) is 5.65. The minimum absolute atomic E-state index is 0.0544. The third-order valence-electron chi connectivity index (χ3n) is 5.78. The van der Waals surface area contributed by atoms with E-state index in [9.17, 15) is 9.59 Å². The Morgan fingerprint density at radius 1 is 1.31 bits per heavy atom. The average molecular weight is 352 g/mol. The van der Waals surface area contributed by atoms with E-state index in [1.54, 1.807) is 11.1 Å². The molecule has 7 nitrogen and oxygen atoms in total. The highest BCUT2D eigenvalue weighted by Crippen LogP contribution is 2.44. The molecule has 0 aromatic carbocycles. The highest BCUT2D eigenvalue weighted by Gasteiger charge is 2.44. The van der Waals surface area contributed by atoms with Crippen LogP contribution in [0.3, 0.4) is 0 Å². The fourth-order valence-corrected chi connectivity index (χ4v) is 4.04. The molecule has 1 N–H and O–H groups in total. The molecule has 2 fully saturated rings. The molecule has 0 radical (unpaired) electrons. The van der Waals surface area contributed by atoms with Crippen molar-refractivity contribution in [3.8, 4) is 5.88 Å². The van der Waals surface area contributed by atoms with Gasteiger partial charge in [0.15, 0.2) is 0 Å². The lowest BCUT2D eigenvalue weighted by molar-refractivity contribution is 0.0639. The fraction of sp³-hybridized carbons (Fsp3) is 0.474. The Balaban J connectivity index is 1.35. The van der Waals surface area contributed by atoms with Gasteiger partial charge in [-0.1, -0.05) is 6.07 Å². The number of nitrogens with one attached hydrogen (secondary N) is 1. The van der Waals surface area contributed by atoms with Crippen LogP contribution < -0.4 is 10.3 Å². The standard InChI is InChI=1S/C19H20N4O3/c24-15-10-14(21-16(22-15)12-3-4-12)18(25)23-8-5-19(6-9-23)11-26-17-13(19)2-1-7-20-17/h1-2,7,10,12H,3-6,8-9,11H2,(H,21,22,24). The van der Waals surface area contributed by atoms with Crippen molar-refractivity contribution < 1.29 is 9.53 Å². The van der Waals surface area contributed by atoms with Crippen LogP contribution in [0.1, 0.15) is 53.5 Å². The highest BCUT2D eigenvalue weighted by atomic mass is 16.5. The summed E-state index contributed by atoms with van der Waals surface area (Å²) in [4.78, 5) is 38.0. The van der Waals surface area contributed by atoms with Crippen LogP contribution in [-0.2, 0) is 5.41 Å². The molecule has 2 aromatic heterocycles. The van der Waals surface area contributed by atoms with Crippen LogP contribution in [0.15, 0.2) is 29.2 Å². The van der Waals surface area contributed by atoms with Gasteiger partial charge in [0, 0.05) is 42.2 Å². The van der Waals surface area contributed by atoms with Crippen LogP contribution in [0, 0.1) is 0 Å². The van der Waals surface area contributed by atoms with Crippen LogP contribution in [0.25, 0.3) is 0 Å². The predicted octanol–water partition coefficient (Wildman–Crippen LogP) is 1.61. The van der Waals surface area contributed by atoms with E-state index in [2.05, 4.69) is 21.0 Å². The number of nitrogens with zero attached hydrogens (tertiary/aromatic N) is 3. The molecule has 2 aromatic rings. The third kappa shape index (κ3) is 2.50. The molecule has 3 aliphatic rings. The monoisotopic (exact) mass is 352 g/mol. The quantitative estimate of drug-likeness (QED) is 0.887. The first-order valence-electron chi connectivity index (χ1n) is 9.13. The van der Waals surface area contributed by atoms with Crippen molar-refractivity contribution in [3.05, 3.63) is 51.8 Å². The average Bonchev–Trinajstić information content (AvgIpc) is 3.46. The van der Waals surface area contributed by atoms with Crippen molar-refractivity contribution >= 4 is 5.91 Å². The van der Waals surface area contributed by atoms with E-state index in [0.717, 1.165) is 37.1 Å². The summed E-state index contributed by atoms with van der Waals surface area (Å²) in [6.45, 7) is 1.88. The van der Waals surface area contributed by atoms with Gasteiger partial charge in [-0.05, 0) is 31.7 Å². The molecule has 1 saturated carbocycles. The first kappa shape index (κ1) is 15.5. The maximum Gasteiger partial charge on any atom is 0.272 e. The Morgan fingerprint density at radius 2 is 2.12 bits per heavy atom. The summed E-state index contributed by atoms with van der Waals surface area (Å²) in [6, 6.07) is 5.33. The number of H-pyrrole nitrogens is 1. The number of carbonyl (C=O) groups excluding carboxylic acids is 1. The number of hydrogen-bond acceptors (Lipinski definition) is 5. The lowest BCUT2D eigenvalue weighted by Crippen LogP contribution is -2.46. The number of carbonyl (C=O) groups is 1. The molecule has 0 bridgehead atoms. The summed E-state index contributed by atoms with van der Waals surface area (Å²) in [5.74, 6) is 1.52. The van der Waals surface area contributed by atoms with Crippen molar-refractivity contribution in [1.29, 1.82) is 0 Å². The Labute approximate surface area is 150 Å². The number of aromatic amines is 1.